The number of aryl methyl sites for hydroxylation is 1. The van der Waals surface area contributed by atoms with Crippen LogP contribution in [-0.4, -0.2) is 27.1 Å². The molecule has 0 aliphatic heterocycles. The van der Waals surface area contributed by atoms with Crippen LogP contribution in [0.25, 0.3) is 20.8 Å². The van der Waals surface area contributed by atoms with Crippen LogP contribution in [0.3, 0.4) is 0 Å². The maximum atomic E-state index is 12.9. The number of pyridine rings is 1. The van der Waals surface area contributed by atoms with Gasteiger partial charge in [-0.25, -0.2) is 4.98 Å². The molecule has 0 unspecified atom stereocenters. The van der Waals surface area contributed by atoms with Gasteiger partial charge in [-0.3, -0.25) is 9.78 Å². The Morgan fingerprint density at radius 2 is 2.03 bits per heavy atom. The lowest BCUT2D eigenvalue weighted by Crippen LogP contribution is -2.33. The molecule has 5 nitrogen and oxygen atoms in total. The fourth-order valence-corrected chi connectivity index (χ4v) is 4.82. The van der Waals surface area contributed by atoms with Gasteiger partial charge in [-0.15, -0.1) is 11.3 Å². The number of benzene rings is 2. The second kappa shape index (κ2) is 7.06. The second-order valence-corrected chi connectivity index (χ2v) is 8.40. The van der Waals surface area contributed by atoms with Crippen molar-refractivity contribution >= 4 is 27.5 Å². The third-order valence-corrected chi connectivity index (χ3v) is 6.33. The number of thiazole rings is 1. The highest BCUT2D eigenvalue weighted by molar-refractivity contribution is 7.21. The Labute approximate surface area is 172 Å². The van der Waals surface area contributed by atoms with E-state index in [1.807, 2.05) is 49.5 Å². The van der Waals surface area contributed by atoms with Gasteiger partial charge in [-0.2, -0.15) is 0 Å². The molecule has 0 fully saturated rings. The third-order valence-electron chi connectivity index (χ3n) is 5.26. The van der Waals surface area contributed by atoms with Crippen molar-refractivity contribution in [3.8, 4) is 10.6 Å². The van der Waals surface area contributed by atoms with Crippen LogP contribution in [0.15, 0.2) is 60.9 Å². The Bertz CT molecular complexity index is 1230. The lowest BCUT2D eigenvalue weighted by Gasteiger charge is -2.18. The van der Waals surface area contributed by atoms with E-state index in [9.17, 15) is 9.90 Å². The van der Waals surface area contributed by atoms with Crippen molar-refractivity contribution in [2.75, 3.05) is 0 Å². The minimum atomic E-state index is -0.607. The number of amides is 1. The predicted octanol–water partition coefficient (Wildman–Crippen LogP) is 4.05. The van der Waals surface area contributed by atoms with E-state index in [1.165, 1.54) is 0 Å². The molecule has 144 valence electrons. The molecule has 4 aromatic rings. The van der Waals surface area contributed by atoms with Gasteiger partial charge >= 0.3 is 0 Å². The summed E-state index contributed by atoms with van der Waals surface area (Å²) in [5.41, 5.74) is 5.54. The number of rotatable bonds is 3. The molecule has 1 amide bonds. The van der Waals surface area contributed by atoms with E-state index in [1.54, 1.807) is 23.6 Å². The average Bonchev–Trinajstić information content (AvgIpc) is 3.28. The highest BCUT2D eigenvalue weighted by Gasteiger charge is 2.32. The summed E-state index contributed by atoms with van der Waals surface area (Å²) < 4.78 is 0.946. The molecule has 2 N–H and O–H groups in total. The van der Waals surface area contributed by atoms with Gasteiger partial charge in [0.1, 0.15) is 5.01 Å². The quantitative estimate of drug-likeness (QED) is 0.543. The van der Waals surface area contributed by atoms with Gasteiger partial charge in [-0.1, -0.05) is 24.3 Å². The number of carbonyl (C=O) groups is 1. The van der Waals surface area contributed by atoms with Crippen LogP contribution in [0.5, 0.6) is 0 Å². The number of nitrogens with one attached hydrogen (secondary N) is 1. The molecule has 2 aromatic carbocycles. The molecule has 0 radical (unpaired) electrons. The van der Waals surface area contributed by atoms with Crippen molar-refractivity contribution in [1.82, 2.24) is 15.3 Å². The summed E-state index contributed by atoms with van der Waals surface area (Å²) in [5, 5.41) is 14.3. The zero-order valence-corrected chi connectivity index (χ0v) is 16.6. The van der Waals surface area contributed by atoms with Crippen LogP contribution >= 0.6 is 11.3 Å². The first-order chi connectivity index (χ1) is 14.1. The predicted molar refractivity (Wildman–Crippen MR) is 114 cm³/mol. The van der Waals surface area contributed by atoms with Crippen molar-refractivity contribution < 1.29 is 9.90 Å². The van der Waals surface area contributed by atoms with Crippen LogP contribution in [0.1, 0.15) is 33.1 Å². The first-order valence-corrected chi connectivity index (χ1v) is 10.3. The van der Waals surface area contributed by atoms with E-state index in [0.717, 1.165) is 37.5 Å². The monoisotopic (exact) mass is 401 g/mol. The van der Waals surface area contributed by atoms with Gasteiger partial charge in [-0.05, 0) is 47.9 Å². The maximum absolute atomic E-state index is 12.9. The van der Waals surface area contributed by atoms with Crippen molar-refractivity contribution in [2.24, 2.45) is 0 Å². The third kappa shape index (κ3) is 3.30. The lowest BCUT2D eigenvalue weighted by molar-refractivity contribution is 0.0858. The normalized spacial score (nSPS) is 18.0. The van der Waals surface area contributed by atoms with Crippen LogP contribution in [0.2, 0.25) is 0 Å². The smallest absolute Gasteiger partial charge is 0.251 e. The summed E-state index contributed by atoms with van der Waals surface area (Å²) in [7, 11) is 0. The molecule has 1 aliphatic rings. The minimum absolute atomic E-state index is 0.195. The summed E-state index contributed by atoms with van der Waals surface area (Å²) >= 11 is 1.54. The molecular formula is C23H19N3O2S. The molecule has 5 rings (SSSR count). The number of aliphatic hydroxyl groups is 1. The molecule has 0 saturated carbocycles. The van der Waals surface area contributed by atoms with Crippen LogP contribution in [0, 0.1) is 6.92 Å². The number of nitrogens with zero attached hydrogens (tertiary/aromatic N) is 2. The van der Waals surface area contributed by atoms with Gasteiger partial charge in [0.05, 0.1) is 22.4 Å². The van der Waals surface area contributed by atoms with Crippen molar-refractivity contribution in [3.63, 3.8) is 0 Å². The molecule has 2 heterocycles. The Morgan fingerprint density at radius 3 is 2.90 bits per heavy atom. The number of fused-ring (bicyclic) bond motifs is 2. The van der Waals surface area contributed by atoms with Crippen molar-refractivity contribution in [3.05, 3.63) is 83.2 Å². The Kier molecular flexibility index (Phi) is 4.38. The number of aromatic nitrogens is 2. The van der Waals surface area contributed by atoms with E-state index in [2.05, 4.69) is 21.4 Å². The van der Waals surface area contributed by atoms with Gasteiger partial charge in [0.2, 0.25) is 0 Å². The molecule has 29 heavy (non-hydrogen) atoms. The standard InChI is InChI=1S/C23H19N3O2S/c1-13-8-16(12-24-11-13)23-25-18-7-6-15(10-20(18)29-23)22(28)26-21-17-5-3-2-4-14(17)9-19(21)27/h2-8,10-12,19,21,27H,9H2,1H3,(H,26,28)/t19-,21+/m1/s1. The fourth-order valence-electron chi connectivity index (χ4n) is 3.83. The molecule has 0 saturated heterocycles. The van der Waals surface area contributed by atoms with Crippen molar-refractivity contribution in [2.45, 2.75) is 25.5 Å². The summed E-state index contributed by atoms with van der Waals surface area (Å²) in [5.74, 6) is -0.195. The van der Waals surface area contributed by atoms with Gasteiger partial charge < -0.3 is 10.4 Å². The highest BCUT2D eigenvalue weighted by Crippen LogP contribution is 2.33. The topological polar surface area (TPSA) is 75.1 Å². The largest absolute Gasteiger partial charge is 0.390 e. The zero-order chi connectivity index (χ0) is 20.0. The molecule has 2 atom stereocenters. The molecule has 2 aromatic heterocycles. The molecular weight excluding hydrogens is 382 g/mol. The van der Waals surface area contributed by atoms with Gasteiger partial charge in [0.25, 0.3) is 5.91 Å². The molecule has 1 aliphatic carbocycles. The summed E-state index contributed by atoms with van der Waals surface area (Å²) in [6.07, 6.45) is 3.57. The Hall–Kier alpha value is -3.09. The highest BCUT2D eigenvalue weighted by atomic mass is 32.1. The van der Waals surface area contributed by atoms with Crippen LogP contribution in [0.4, 0.5) is 0 Å². The summed E-state index contributed by atoms with van der Waals surface area (Å²) in [4.78, 5) is 21.8. The minimum Gasteiger partial charge on any atom is -0.390 e. The first-order valence-electron chi connectivity index (χ1n) is 9.48. The lowest BCUT2D eigenvalue weighted by atomic mass is 10.1. The number of hydrogen-bond acceptors (Lipinski definition) is 5. The van der Waals surface area contributed by atoms with E-state index in [4.69, 9.17) is 0 Å². The first kappa shape index (κ1) is 18.0. The second-order valence-electron chi connectivity index (χ2n) is 7.37. The maximum Gasteiger partial charge on any atom is 0.251 e. The average molecular weight is 401 g/mol. The molecule has 0 bridgehead atoms. The molecule has 6 heteroatoms. The number of hydrogen-bond donors (Lipinski definition) is 2. The van der Waals surface area contributed by atoms with Crippen molar-refractivity contribution in [1.29, 1.82) is 0 Å². The van der Waals surface area contributed by atoms with Gasteiger partial charge in [0, 0.05) is 29.9 Å². The SMILES string of the molecule is Cc1cncc(-c2nc3ccc(C(=O)N[C@H]4c5ccccc5C[C@H]4O)cc3s2)c1. The van der Waals surface area contributed by atoms with E-state index >= 15 is 0 Å². The Balaban J connectivity index is 1.42. The summed E-state index contributed by atoms with van der Waals surface area (Å²) in [6.45, 7) is 2.00. The van der Waals surface area contributed by atoms with E-state index in [-0.39, 0.29) is 11.9 Å². The molecule has 0 spiro atoms. The Morgan fingerprint density at radius 1 is 1.17 bits per heavy atom. The summed E-state index contributed by atoms with van der Waals surface area (Å²) in [6, 6.07) is 15.0. The fraction of sp³-hybridized carbons (Fsp3) is 0.174. The van der Waals surface area contributed by atoms with E-state index < -0.39 is 6.10 Å². The van der Waals surface area contributed by atoms with E-state index in [0.29, 0.717) is 12.0 Å². The zero-order valence-electron chi connectivity index (χ0n) is 15.8. The van der Waals surface area contributed by atoms with Gasteiger partial charge in [0.15, 0.2) is 0 Å². The number of aliphatic hydroxyl groups excluding tert-OH is 1. The van der Waals surface area contributed by atoms with Crippen LogP contribution < -0.4 is 5.32 Å². The van der Waals surface area contributed by atoms with Crippen LogP contribution in [-0.2, 0) is 6.42 Å². The number of carbonyl (C=O) groups excluding carboxylic acids is 1.